The Morgan fingerprint density at radius 1 is 1.50 bits per heavy atom. The zero-order chi connectivity index (χ0) is 9.61. The molecule has 6 heteroatoms. The molecule has 0 aromatic heterocycles. The number of methoxy groups -OCH3 is 1. The van der Waals surface area contributed by atoms with E-state index in [0.717, 1.165) is 12.8 Å². The molecule has 0 saturated heterocycles. The Bertz CT molecular complexity index is 154. The van der Waals surface area contributed by atoms with Crippen LogP contribution in [0.3, 0.4) is 0 Å². The summed E-state index contributed by atoms with van der Waals surface area (Å²) < 4.78 is 19.4. The number of phosphoric acid groups is 1. The van der Waals surface area contributed by atoms with Crippen LogP contribution in [-0.2, 0) is 13.8 Å². The predicted molar refractivity (Wildman–Crippen MR) is 43.5 cm³/mol. The molecule has 0 saturated carbocycles. The molecule has 0 aliphatic heterocycles. The quantitative estimate of drug-likeness (QED) is 0.496. The van der Waals surface area contributed by atoms with E-state index in [1.54, 1.807) is 0 Å². The van der Waals surface area contributed by atoms with Crippen molar-refractivity contribution in [2.75, 3.05) is 7.11 Å². The molecule has 0 radical (unpaired) electrons. The van der Waals surface area contributed by atoms with E-state index in [-0.39, 0.29) is 0 Å². The van der Waals surface area contributed by atoms with Gasteiger partial charge in [0.25, 0.3) is 0 Å². The first kappa shape index (κ1) is 12.1. The Labute approximate surface area is 71.9 Å². The molecular weight excluding hydrogens is 183 g/mol. The summed E-state index contributed by atoms with van der Waals surface area (Å²) in [6.07, 6.45) is 1.45. The summed E-state index contributed by atoms with van der Waals surface area (Å²) in [6, 6.07) is 0. The van der Waals surface area contributed by atoms with Gasteiger partial charge >= 0.3 is 7.82 Å². The lowest BCUT2D eigenvalue weighted by atomic mass is 10.2. The third kappa shape index (κ3) is 6.76. The minimum absolute atomic E-state index is 0.498. The summed E-state index contributed by atoms with van der Waals surface area (Å²) in [6.45, 7) is 1.98. The molecule has 0 aliphatic carbocycles. The fourth-order valence-corrected chi connectivity index (χ4v) is 1.24. The van der Waals surface area contributed by atoms with Gasteiger partial charge in [-0.1, -0.05) is 13.3 Å². The van der Waals surface area contributed by atoms with Gasteiger partial charge in [0.15, 0.2) is 6.29 Å². The highest BCUT2D eigenvalue weighted by molar-refractivity contribution is 7.46. The Kier molecular flexibility index (Phi) is 5.70. The van der Waals surface area contributed by atoms with Crippen LogP contribution in [-0.4, -0.2) is 23.2 Å². The molecule has 12 heavy (non-hydrogen) atoms. The Hall–Kier alpha value is 0.0700. The van der Waals surface area contributed by atoms with Gasteiger partial charge in [-0.3, -0.25) is 4.52 Å². The number of ether oxygens (including phenoxy) is 1. The molecule has 0 aromatic rings. The van der Waals surface area contributed by atoms with Gasteiger partial charge in [-0.2, -0.15) is 0 Å². The first-order valence-electron chi connectivity index (χ1n) is 3.76. The first-order valence-corrected chi connectivity index (χ1v) is 5.29. The van der Waals surface area contributed by atoms with E-state index in [4.69, 9.17) is 14.5 Å². The SMILES string of the molecule is CCCCC(OC)OP(=O)(O)O. The van der Waals surface area contributed by atoms with Gasteiger partial charge in [0.05, 0.1) is 0 Å². The number of phosphoric ester groups is 1. The molecule has 0 amide bonds. The standard InChI is InChI=1S/C6H15O5P/c1-3-4-5-6(10-2)11-12(7,8)9/h6H,3-5H2,1-2H3,(H2,7,8,9). The second kappa shape index (κ2) is 5.67. The Morgan fingerprint density at radius 3 is 2.42 bits per heavy atom. The molecule has 0 aliphatic rings. The minimum atomic E-state index is -4.40. The highest BCUT2D eigenvalue weighted by atomic mass is 31.2. The first-order chi connectivity index (χ1) is 5.49. The maximum atomic E-state index is 10.4. The summed E-state index contributed by atoms with van der Waals surface area (Å²) in [5.74, 6) is 0. The number of rotatable bonds is 6. The van der Waals surface area contributed by atoms with Crippen LogP contribution in [0, 0.1) is 0 Å². The van der Waals surface area contributed by atoms with Crippen molar-refractivity contribution >= 4 is 7.82 Å². The van der Waals surface area contributed by atoms with E-state index in [0.29, 0.717) is 6.42 Å². The molecule has 1 atom stereocenters. The summed E-state index contributed by atoms with van der Waals surface area (Å²) in [5, 5.41) is 0. The van der Waals surface area contributed by atoms with Crippen LogP contribution in [0.25, 0.3) is 0 Å². The largest absolute Gasteiger partial charge is 0.471 e. The number of unbranched alkanes of at least 4 members (excludes halogenated alkanes) is 1. The van der Waals surface area contributed by atoms with Crippen molar-refractivity contribution in [3.63, 3.8) is 0 Å². The summed E-state index contributed by atoms with van der Waals surface area (Å²) in [5.41, 5.74) is 0. The van der Waals surface area contributed by atoms with E-state index in [2.05, 4.69) is 4.52 Å². The van der Waals surface area contributed by atoms with Crippen molar-refractivity contribution in [2.24, 2.45) is 0 Å². The van der Waals surface area contributed by atoms with Gasteiger partial charge in [-0.25, -0.2) is 4.57 Å². The molecule has 74 valence electrons. The van der Waals surface area contributed by atoms with E-state index >= 15 is 0 Å². The van der Waals surface area contributed by atoms with Gasteiger partial charge in [0.2, 0.25) is 0 Å². The second-order valence-corrected chi connectivity index (χ2v) is 3.60. The van der Waals surface area contributed by atoms with Crippen LogP contribution in [0.1, 0.15) is 26.2 Å². The van der Waals surface area contributed by atoms with Gasteiger partial charge in [-0.15, -0.1) is 0 Å². The Morgan fingerprint density at radius 2 is 2.08 bits per heavy atom. The smallest absolute Gasteiger partial charge is 0.355 e. The third-order valence-corrected chi connectivity index (χ3v) is 1.82. The molecule has 0 rings (SSSR count). The van der Waals surface area contributed by atoms with Gasteiger partial charge in [0, 0.05) is 7.11 Å². The van der Waals surface area contributed by atoms with E-state index in [9.17, 15) is 4.57 Å². The van der Waals surface area contributed by atoms with E-state index in [1.807, 2.05) is 6.92 Å². The van der Waals surface area contributed by atoms with Crippen LogP contribution in [0.5, 0.6) is 0 Å². The highest BCUT2D eigenvalue weighted by Gasteiger charge is 2.20. The Balaban J connectivity index is 3.75. The molecule has 0 bridgehead atoms. The van der Waals surface area contributed by atoms with Gasteiger partial charge in [0.1, 0.15) is 0 Å². The van der Waals surface area contributed by atoms with Crippen LogP contribution >= 0.6 is 7.82 Å². The van der Waals surface area contributed by atoms with Gasteiger partial charge in [-0.05, 0) is 12.8 Å². The average molecular weight is 198 g/mol. The molecule has 0 heterocycles. The van der Waals surface area contributed by atoms with E-state index < -0.39 is 14.1 Å². The monoisotopic (exact) mass is 198 g/mol. The van der Waals surface area contributed by atoms with Crippen LogP contribution < -0.4 is 0 Å². The van der Waals surface area contributed by atoms with Crippen molar-refractivity contribution in [1.29, 1.82) is 0 Å². The molecule has 0 spiro atoms. The van der Waals surface area contributed by atoms with Crippen molar-refractivity contribution in [1.82, 2.24) is 0 Å². The van der Waals surface area contributed by atoms with Crippen molar-refractivity contribution in [3.05, 3.63) is 0 Å². The third-order valence-electron chi connectivity index (χ3n) is 1.31. The lowest BCUT2D eigenvalue weighted by Crippen LogP contribution is -2.13. The van der Waals surface area contributed by atoms with E-state index in [1.165, 1.54) is 7.11 Å². The zero-order valence-electron chi connectivity index (χ0n) is 7.27. The van der Waals surface area contributed by atoms with Crippen LogP contribution in [0.2, 0.25) is 0 Å². The maximum absolute atomic E-state index is 10.4. The molecular formula is C6H15O5P. The molecule has 1 unspecified atom stereocenters. The van der Waals surface area contributed by atoms with Crippen molar-refractivity contribution in [2.45, 2.75) is 32.5 Å². The summed E-state index contributed by atoms with van der Waals surface area (Å²) in [4.78, 5) is 16.9. The van der Waals surface area contributed by atoms with Crippen LogP contribution in [0.15, 0.2) is 0 Å². The predicted octanol–water partition coefficient (Wildman–Crippen LogP) is 1.26. The number of hydrogen-bond acceptors (Lipinski definition) is 3. The minimum Gasteiger partial charge on any atom is -0.355 e. The number of hydrogen-bond donors (Lipinski definition) is 2. The molecule has 2 N–H and O–H groups in total. The molecule has 0 aromatic carbocycles. The van der Waals surface area contributed by atoms with Gasteiger partial charge < -0.3 is 14.5 Å². The summed E-state index contributed by atoms with van der Waals surface area (Å²) >= 11 is 0. The fourth-order valence-electron chi connectivity index (χ4n) is 0.738. The average Bonchev–Trinajstić information content (AvgIpc) is 1.95. The molecule has 0 fully saturated rings. The van der Waals surface area contributed by atoms with Crippen molar-refractivity contribution < 1.29 is 23.6 Å². The normalized spacial score (nSPS) is 14.7. The highest BCUT2D eigenvalue weighted by Crippen LogP contribution is 2.38. The topological polar surface area (TPSA) is 76.0 Å². The maximum Gasteiger partial charge on any atom is 0.471 e. The van der Waals surface area contributed by atoms with Crippen molar-refractivity contribution in [3.8, 4) is 0 Å². The zero-order valence-corrected chi connectivity index (χ0v) is 8.16. The lowest BCUT2D eigenvalue weighted by molar-refractivity contribution is -0.0734. The van der Waals surface area contributed by atoms with Crippen LogP contribution in [0.4, 0.5) is 0 Å². The lowest BCUT2D eigenvalue weighted by Gasteiger charge is -2.15. The second-order valence-electron chi connectivity index (χ2n) is 2.40. The molecule has 5 nitrogen and oxygen atoms in total. The fraction of sp³-hybridized carbons (Fsp3) is 1.00. The summed E-state index contributed by atoms with van der Waals surface area (Å²) in [7, 11) is -3.05.